The van der Waals surface area contributed by atoms with Crippen LogP contribution in [0.5, 0.6) is 0 Å². The summed E-state index contributed by atoms with van der Waals surface area (Å²) in [4.78, 5) is 4.04. The molecule has 1 rings (SSSR count). The lowest BCUT2D eigenvalue weighted by Gasteiger charge is -2.00. The third kappa shape index (κ3) is 4.18. The van der Waals surface area contributed by atoms with Crippen LogP contribution in [0, 0.1) is 0 Å². The maximum Gasteiger partial charge on any atom is 0.123 e. The molecule has 0 aliphatic carbocycles. The van der Waals surface area contributed by atoms with Gasteiger partial charge < -0.3 is 5.73 Å². The molecule has 3 heteroatoms. The quantitative estimate of drug-likeness (QED) is 0.736. The molecule has 0 aliphatic heterocycles. The van der Waals surface area contributed by atoms with E-state index >= 15 is 0 Å². The first-order valence-electron chi connectivity index (χ1n) is 4.61. The van der Waals surface area contributed by atoms with Crippen LogP contribution in [0.3, 0.4) is 0 Å². The SMILES string of the molecule is CCCCSCc1ccc(N)nc1. The third-order valence-corrected chi connectivity index (χ3v) is 2.87. The number of hydrogen-bond acceptors (Lipinski definition) is 3. The molecule has 1 heterocycles. The Morgan fingerprint density at radius 2 is 2.31 bits per heavy atom. The first-order chi connectivity index (χ1) is 6.33. The van der Waals surface area contributed by atoms with Gasteiger partial charge in [0.15, 0.2) is 0 Å². The van der Waals surface area contributed by atoms with Gasteiger partial charge in [-0.3, -0.25) is 0 Å². The number of nitrogens with two attached hydrogens (primary N) is 1. The summed E-state index contributed by atoms with van der Waals surface area (Å²) in [5, 5.41) is 0. The fraction of sp³-hybridized carbons (Fsp3) is 0.500. The second kappa shape index (κ2) is 5.86. The molecule has 0 fully saturated rings. The molecule has 2 nitrogen and oxygen atoms in total. The maximum atomic E-state index is 5.49. The first kappa shape index (κ1) is 10.4. The highest BCUT2D eigenvalue weighted by molar-refractivity contribution is 7.98. The van der Waals surface area contributed by atoms with E-state index in [1.54, 1.807) is 0 Å². The van der Waals surface area contributed by atoms with Crippen LogP contribution in [0.25, 0.3) is 0 Å². The summed E-state index contributed by atoms with van der Waals surface area (Å²) in [6, 6.07) is 3.90. The Labute approximate surface area is 83.9 Å². The number of rotatable bonds is 5. The number of pyridine rings is 1. The van der Waals surface area contributed by atoms with Crippen molar-refractivity contribution in [2.45, 2.75) is 25.5 Å². The van der Waals surface area contributed by atoms with Gasteiger partial charge in [0.05, 0.1) is 0 Å². The lowest BCUT2D eigenvalue weighted by molar-refractivity contribution is 0.896. The summed E-state index contributed by atoms with van der Waals surface area (Å²) in [6.07, 6.45) is 4.42. The summed E-state index contributed by atoms with van der Waals surface area (Å²) < 4.78 is 0. The second-order valence-electron chi connectivity index (χ2n) is 3.00. The molecule has 0 amide bonds. The van der Waals surface area contributed by atoms with Gasteiger partial charge in [-0.15, -0.1) is 0 Å². The van der Waals surface area contributed by atoms with Crippen LogP contribution in [-0.4, -0.2) is 10.7 Å². The fourth-order valence-electron chi connectivity index (χ4n) is 0.958. The number of aromatic nitrogens is 1. The van der Waals surface area contributed by atoms with Gasteiger partial charge in [0.1, 0.15) is 5.82 Å². The van der Waals surface area contributed by atoms with Crippen molar-refractivity contribution in [3.05, 3.63) is 23.9 Å². The van der Waals surface area contributed by atoms with Crippen LogP contribution in [0.2, 0.25) is 0 Å². The molecule has 0 spiro atoms. The fourth-order valence-corrected chi connectivity index (χ4v) is 2.00. The van der Waals surface area contributed by atoms with E-state index in [2.05, 4.69) is 11.9 Å². The standard InChI is InChI=1S/C10H16N2S/c1-2-3-6-13-8-9-4-5-10(11)12-7-9/h4-5,7H,2-3,6,8H2,1H3,(H2,11,12). The molecule has 1 aromatic rings. The molecule has 0 aliphatic rings. The number of hydrogen-bond donors (Lipinski definition) is 1. The normalized spacial score (nSPS) is 10.2. The first-order valence-corrected chi connectivity index (χ1v) is 5.76. The molecule has 2 N–H and O–H groups in total. The Hall–Kier alpha value is -0.700. The van der Waals surface area contributed by atoms with Crippen molar-refractivity contribution in [2.24, 2.45) is 0 Å². The summed E-state index contributed by atoms with van der Waals surface area (Å²) in [6.45, 7) is 2.21. The molecule has 0 saturated heterocycles. The average molecular weight is 196 g/mol. The van der Waals surface area contributed by atoms with E-state index in [1.807, 2.05) is 30.1 Å². The zero-order valence-electron chi connectivity index (χ0n) is 7.99. The van der Waals surface area contributed by atoms with E-state index in [-0.39, 0.29) is 0 Å². The Kier molecular flexibility index (Phi) is 4.68. The van der Waals surface area contributed by atoms with Crippen molar-refractivity contribution in [3.8, 4) is 0 Å². The summed E-state index contributed by atoms with van der Waals surface area (Å²) in [7, 11) is 0. The number of nitrogen functional groups attached to an aromatic ring is 1. The Balaban J connectivity index is 2.25. The zero-order valence-corrected chi connectivity index (χ0v) is 8.81. The highest BCUT2D eigenvalue weighted by atomic mass is 32.2. The zero-order chi connectivity index (χ0) is 9.52. The lowest BCUT2D eigenvalue weighted by Crippen LogP contribution is -1.90. The summed E-state index contributed by atoms with van der Waals surface area (Å²) >= 11 is 1.96. The number of anilines is 1. The van der Waals surface area contributed by atoms with Gasteiger partial charge in [-0.25, -0.2) is 4.98 Å². The van der Waals surface area contributed by atoms with Gasteiger partial charge in [-0.1, -0.05) is 19.4 Å². The van der Waals surface area contributed by atoms with Crippen LogP contribution < -0.4 is 5.73 Å². The molecule has 13 heavy (non-hydrogen) atoms. The Bertz CT molecular complexity index is 233. The van der Waals surface area contributed by atoms with Crippen molar-refractivity contribution in [1.29, 1.82) is 0 Å². The average Bonchev–Trinajstić information content (AvgIpc) is 2.15. The van der Waals surface area contributed by atoms with Crippen LogP contribution >= 0.6 is 11.8 Å². The van der Waals surface area contributed by atoms with Gasteiger partial charge in [0.25, 0.3) is 0 Å². The van der Waals surface area contributed by atoms with Gasteiger partial charge in [0, 0.05) is 11.9 Å². The molecular weight excluding hydrogens is 180 g/mol. The van der Waals surface area contributed by atoms with E-state index in [0.29, 0.717) is 5.82 Å². The van der Waals surface area contributed by atoms with Gasteiger partial charge in [-0.2, -0.15) is 11.8 Å². The van der Waals surface area contributed by atoms with Crippen LogP contribution in [-0.2, 0) is 5.75 Å². The second-order valence-corrected chi connectivity index (χ2v) is 4.10. The van der Waals surface area contributed by atoms with Crippen molar-refractivity contribution in [1.82, 2.24) is 4.98 Å². The summed E-state index contributed by atoms with van der Waals surface area (Å²) in [5.74, 6) is 2.89. The third-order valence-electron chi connectivity index (χ3n) is 1.76. The smallest absolute Gasteiger partial charge is 0.123 e. The monoisotopic (exact) mass is 196 g/mol. The number of nitrogens with zero attached hydrogens (tertiary/aromatic N) is 1. The van der Waals surface area contributed by atoms with E-state index in [0.717, 1.165) is 5.75 Å². The van der Waals surface area contributed by atoms with Crippen molar-refractivity contribution in [2.75, 3.05) is 11.5 Å². The number of thioether (sulfide) groups is 1. The minimum absolute atomic E-state index is 0.599. The Morgan fingerprint density at radius 3 is 2.92 bits per heavy atom. The molecule has 72 valence electrons. The van der Waals surface area contributed by atoms with Crippen LogP contribution in [0.4, 0.5) is 5.82 Å². The van der Waals surface area contributed by atoms with Crippen LogP contribution in [0.15, 0.2) is 18.3 Å². The predicted molar refractivity (Wildman–Crippen MR) is 59.7 cm³/mol. The molecule has 0 saturated carbocycles. The van der Waals surface area contributed by atoms with E-state index in [1.165, 1.54) is 24.2 Å². The molecule has 0 atom stereocenters. The van der Waals surface area contributed by atoms with E-state index < -0.39 is 0 Å². The minimum Gasteiger partial charge on any atom is -0.384 e. The van der Waals surface area contributed by atoms with Crippen molar-refractivity contribution >= 4 is 17.6 Å². The van der Waals surface area contributed by atoms with E-state index in [9.17, 15) is 0 Å². The Morgan fingerprint density at radius 1 is 1.46 bits per heavy atom. The molecular formula is C10H16N2S. The molecule has 0 unspecified atom stereocenters. The van der Waals surface area contributed by atoms with Gasteiger partial charge in [0.2, 0.25) is 0 Å². The molecule has 0 aromatic carbocycles. The van der Waals surface area contributed by atoms with Crippen molar-refractivity contribution < 1.29 is 0 Å². The van der Waals surface area contributed by atoms with E-state index in [4.69, 9.17) is 5.73 Å². The number of unbranched alkanes of at least 4 members (excludes halogenated alkanes) is 1. The predicted octanol–water partition coefficient (Wildman–Crippen LogP) is 2.70. The molecule has 0 radical (unpaired) electrons. The highest BCUT2D eigenvalue weighted by Gasteiger charge is 1.93. The highest BCUT2D eigenvalue weighted by Crippen LogP contribution is 2.13. The minimum atomic E-state index is 0.599. The van der Waals surface area contributed by atoms with Crippen molar-refractivity contribution in [3.63, 3.8) is 0 Å². The maximum absolute atomic E-state index is 5.49. The van der Waals surface area contributed by atoms with Gasteiger partial charge in [-0.05, 0) is 23.8 Å². The molecule has 1 aromatic heterocycles. The molecule has 0 bridgehead atoms. The summed E-state index contributed by atoms with van der Waals surface area (Å²) in [5.41, 5.74) is 6.74. The van der Waals surface area contributed by atoms with Crippen LogP contribution in [0.1, 0.15) is 25.3 Å². The topological polar surface area (TPSA) is 38.9 Å². The lowest BCUT2D eigenvalue weighted by atomic mass is 10.3. The largest absolute Gasteiger partial charge is 0.384 e. The van der Waals surface area contributed by atoms with Gasteiger partial charge >= 0.3 is 0 Å².